The largest absolute Gasteiger partial charge is 0.468 e. The number of rotatable bonds is 4. The van der Waals surface area contributed by atoms with Gasteiger partial charge in [-0.05, 0) is 30.5 Å². The van der Waals surface area contributed by atoms with Gasteiger partial charge in [0.05, 0.1) is 24.5 Å². The number of nitrogens with zero attached hydrogens (tertiary/aromatic N) is 1. The molecule has 1 atom stereocenters. The Labute approximate surface area is 105 Å². The molecule has 0 spiro atoms. The summed E-state index contributed by atoms with van der Waals surface area (Å²) in [7, 11) is 1.42. The number of H-pyrrole nitrogens is 1. The topological polar surface area (TPSA) is 67.0 Å². The van der Waals surface area contributed by atoms with Crippen LogP contribution >= 0.6 is 0 Å². The minimum atomic E-state index is -0.393. The van der Waals surface area contributed by atoms with Gasteiger partial charge in [0, 0.05) is 6.04 Å². The van der Waals surface area contributed by atoms with Crippen molar-refractivity contribution in [1.29, 1.82) is 0 Å². The molecule has 1 fully saturated rings. The van der Waals surface area contributed by atoms with Gasteiger partial charge in [-0.2, -0.15) is 0 Å². The number of ether oxygens (including phenoxy) is 1. The zero-order valence-corrected chi connectivity index (χ0v) is 10.1. The maximum Gasteiger partial charge on any atom is 0.327 e. The van der Waals surface area contributed by atoms with E-state index >= 15 is 0 Å². The molecular formula is C13H15N3O2. The number of carbonyl (C=O) groups excluding carboxylic acids is 1. The third kappa shape index (κ3) is 2.09. The molecule has 2 aromatic rings. The molecule has 1 aromatic heterocycles. The maximum atomic E-state index is 11.8. The summed E-state index contributed by atoms with van der Waals surface area (Å²) in [6.45, 7) is 0. The van der Waals surface area contributed by atoms with Crippen LogP contribution in [0.5, 0.6) is 0 Å². The van der Waals surface area contributed by atoms with E-state index in [-0.39, 0.29) is 5.97 Å². The molecule has 1 heterocycles. The molecule has 1 aliphatic carbocycles. The van der Waals surface area contributed by atoms with Crippen molar-refractivity contribution in [2.24, 2.45) is 0 Å². The maximum absolute atomic E-state index is 11.8. The van der Waals surface area contributed by atoms with Crippen molar-refractivity contribution in [2.45, 2.75) is 24.9 Å². The molecule has 0 saturated heterocycles. The van der Waals surface area contributed by atoms with Gasteiger partial charge in [0.1, 0.15) is 6.04 Å². The van der Waals surface area contributed by atoms with Gasteiger partial charge in [-0.15, -0.1) is 0 Å². The van der Waals surface area contributed by atoms with E-state index in [0.717, 1.165) is 29.4 Å². The van der Waals surface area contributed by atoms with E-state index in [9.17, 15) is 4.79 Å². The number of esters is 1. The molecule has 0 radical (unpaired) electrons. The molecule has 2 N–H and O–H groups in total. The molecule has 0 aliphatic heterocycles. The fraction of sp³-hybridized carbons (Fsp3) is 0.385. The predicted octanol–water partition coefficient (Wildman–Crippen LogP) is 1.53. The highest BCUT2D eigenvalue weighted by Crippen LogP contribution is 2.26. The lowest BCUT2D eigenvalue weighted by Crippen LogP contribution is -2.31. The Morgan fingerprint density at radius 3 is 3.11 bits per heavy atom. The zero-order chi connectivity index (χ0) is 12.5. The Morgan fingerprint density at radius 2 is 2.39 bits per heavy atom. The molecule has 1 saturated carbocycles. The monoisotopic (exact) mass is 245 g/mol. The second-order valence-electron chi connectivity index (χ2n) is 4.58. The number of fused-ring (bicyclic) bond motifs is 1. The van der Waals surface area contributed by atoms with Crippen LogP contribution in [0, 0.1) is 0 Å². The number of imidazole rings is 1. The highest BCUT2D eigenvalue weighted by molar-refractivity contribution is 5.81. The van der Waals surface area contributed by atoms with Gasteiger partial charge in [0.2, 0.25) is 0 Å². The van der Waals surface area contributed by atoms with E-state index in [1.165, 1.54) is 7.11 Å². The van der Waals surface area contributed by atoms with E-state index in [1.54, 1.807) is 6.33 Å². The lowest BCUT2D eigenvalue weighted by Gasteiger charge is -2.16. The van der Waals surface area contributed by atoms with Crippen LogP contribution in [0.15, 0.2) is 24.5 Å². The Bertz CT molecular complexity index is 574. The van der Waals surface area contributed by atoms with E-state index in [1.807, 2.05) is 18.2 Å². The smallest absolute Gasteiger partial charge is 0.327 e. The van der Waals surface area contributed by atoms with Crippen molar-refractivity contribution >= 4 is 17.0 Å². The van der Waals surface area contributed by atoms with Crippen LogP contribution in [0.25, 0.3) is 11.0 Å². The van der Waals surface area contributed by atoms with E-state index in [4.69, 9.17) is 4.74 Å². The molecular weight excluding hydrogens is 230 g/mol. The first-order valence-corrected chi connectivity index (χ1v) is 6.05. The Kier molecular flexibility index (Phi) is 2.76. The number of carbonyl (C=O) groups is 1. The van der Waals surface area contributed by atoms with Crippen molar-refractivity contribution in [3.63, 3.8) is 0 Å². The first-order chi connectivity index (χ1) is 8.78. The summed E-state index contributed by atoms with van der Waals surface area (Å²) < 4.78 is 4.86. The summed E-state index contributed by atoms with van der Waals surface area (Å²) in [5.41, 5.74) is 2.73. The molecule has 0 amide bonds. The molecule has 18 heavy (non-hydrogen) atoms. The third-order valence-corrected chi connectivity index (χ3v) is 3.19. The average Bonchev–Trinajstić information content (AvgIpc) is 3.10. The minimum Gasteiger partial charge on any atom is -0.468 e. The lowest BCUT2D eigenvalue weighted by molar-refractivity contribution is -0.143. The van der Waals surface area contributed by atoms with E-state index in [2.05, 4.69) is 15.3 Å². The average molecular weight is 245 g/mol. The third-order valence-electron chi connectivity index (χ3n) is 3.19. The summed E-state index contributed by atoms with van der Waals surface area (Å²) in [5, 5.41) is 3.31. The normalized spacial score (nSPS) is 16.7. The van der Waals surface area contributed by atoms with Crippen molar-refractivity contribution in [3.05, 3.63) is 30.1 Å². The molecule has 5 nitrogen and oxygen atoms in total. The summed E-state index contributed by atoms with van der Waals surface area (Å²) in [6.07, 6.45) is 3.90. The second-order valence-corrected chi connectivity index (χ2v) is 4.58. The molecule has 5 heteroatoms. The van der Waals surface area contributed by atoms with Crippen LogP contribution in [0.4, 0.5) is 0 Å². The van der Waals surface area contributed by atoms with Crippen LogP contribution in [-0.4, -0.2) is 29.1 Å². The summed E-state index contributed by atoms with van der Waals surface area (Å²) in [5.74, 6) is -0.249. The van der Waals surface area contributed by atoms with Crippen LogP contribution in [-0.2, 0) is 9.53 Å². The number of hydrogen-bond donors (Lipinski definition) is 2. The summed E-state index contributed by atoms with van der Waals surface area (Å²) >= 11 is 0. The van der Waals surface area contributed by atoms with Gasteiger partial charge in [0.15, 0.2) is 0 Å². The standard InChI is InChI=1S/C13H15N3O2/c1-18-13(17)12(16-9-3-4-9)8-2-5-10-11(6-8)15-7-14-10/h2,5-7,9,12,16H,3-4H2,1H3,(H,14,15). The van der Waals surface area contributed by atoms with Gasteiger partial charge >= 0.3 is 5.97 Å². The highest BCUT2D eigenvalue weighted by Gasteiger charge is 2.30. The molecule has 1 unspecified atom stereocenters. The number of hydrogen-bond acceptors (Lipinski definition) is 4. The Balaban J connectivity index is 1.93. The van der Waals surface area contributed by atoms with Crippen molar-refractivity contribution < 1.29 is 9.53 Å². The number of methoxy groups -OCH3 is 1. The number of nitrogens with one attached hydrogen (secondary N) is 2. The van der Waals surface area contributed by atoms with Gasteiger partial charge in [-0.1, -0.05) is 6.07 Å². The van der Waals surface area contributed by atoms with Gasteiger partial charge in [-0.25, -0.2) is 9.78 Å². The summed E-state index contributed by atoms with van der Waals surface area (Å²) in [4.78, 5) is 19.1. The van der Waals surface area contributed by atoms with Gasteiger partial charge in [0.25, 0.3) is 0 Å². The molecule has 1 aliphatic rings. The van der Waals surface area contributed by atoms with Gasteiger partial charge < -0.3 is 9.72 Å². The zero-order valence-electron chi connectivity index (χ0n) is 10.1. The fourth-order valence-electron chi connectivity index (χ4n) is 2.04. The second kappa shape index (κ2) is 4.42. The van der Waals surface area contributed by atoms with Crippen molar-refractivity contribution in [3.8, 4) is 0 Å². The van der Waals surface area contributed by atoms with Crippen molar-refractivity contribution in [1.82, 2.24) is 15.3 Å². The Hall–Kier alpha value is -1.88. The van der Waals surface area contributed by atoms with Gasteiger partial charge in [-0.3, -0.25) is 5.32 Å². The van der Waals surface area contributed by atoms with E-state index < -0.39 is 6.04 Å². The first-order valence-electron chi connectivity index (χ1n) is 6.05. The Morgan fingerprint density at radius 1 is 1.56 bits per heavy atom. The minimum absolute atomic E-state index is 0.249. The first kappa shape index (κ1) is 11.2. The van der Waals surface area contributed by atoms with Crippen molar-refractivity contribution in [2.75, 3.05) is 7.11 Å². The SMILES string of the molecule is COC(=O)C(NC1CC1)c1ccc2nc[nH]c2c1. The molecule has 3 rings (SSSR count). The quantitative estimate of drug-likeness (QED) is 0.802. The van der Waals surface area contributed by atoms with Crippen LogP contribution in [0.1, 0.15) is 24.4 Å². The lowest BCUT2D eigenvalue weighted by atomic mass is 10.1. The summed E-state index contributed by atoms with van der Waals surface area (Å²) in [6, 6.07) is 5.81. The highest BCUT2D eigenvalue weighted by atomic mass is 16.5. The van der Waals surface area contributed by atoms with Crippen LogP contribution in [0.3, 0.4) is 0 Å². The van der Waals surface area contributed by atoms with E-state index in [0.29, 0.717) is 6.04 Å². The molecule has 94 valence electrons. The molecule has 0 bridgehead atoms. The van der Waals surface area contributed by atoms with Crippen LogP contribution < -0.4 is 5.32 Å². The number of aromatic amines is 1. The molecule has 1 aromatic carbocycles. The predicted molar refractivity (Wildman–Crippen MR) is 67.0 cm³/mol. The number of aromatic nitrogens is 2. The fourth-order valence-corrected chi connectivity index (χ4v) is 2.04. The van der Waals surface area contributed by atoms with Crippen LogP contribution in [0.2, 0.25) is 0 Å². The number of benzene rings is 1.